The van der Waals surface area contributed by atoms with Crippen LogP contribution in [0.15, 0.2) is 78.9 Å². The number of carbonyl (C=O) groups excluding carboxylic acids is 3. The predicted molar refractivity (Wildman–Crippen MR) is 196 cm³/mol. The summed E-state index contributed by atoms with van der Waals surface area (Å²) in [6, 6.07) is 23.6. The Labute approximate surface area is 287 Å². The monoisotopic (exact) mass is 679 g/mol. The molecule has 0 bridgehead atoms. The minimum atomic E-state index is -0.327. The van der Waals surface area contributed by atoms with Crippen molar-refractivity contribution in [1.29, 1.82) is 0 Å². The minimum absolute atomic E-state index is 0.0759. The first kappa shape index (κ1) is 31.7. The van der Waals surface area contributed by atoms with Crippen LogP contribution >= 0.6 is 24.2 Å². The summed E-state index contributed by atoms with van der Waals surface area (Å²) >= 11 is 10.8. The van der Waals surface area contributed by atoms with Crippen LogP contribution in [0.1, 0.15) is 59.1 Å². The van der Waals surface area contributed by atoms with Gasteiger partial charge in [0, 0.05) is 74.1 Å². The third-order valence-electron chi connectivity index (χ3n) is 8.80. The Hall–Kier alpha value is -4.93. The molecule has 1 aliphatic rings. The van der Waals surface area contributed by atoms with Crippen molar-refractivity contribution in [2.75, 3.05) is 28.0 Å². The molecule has 48 heavy (non-hydrogen) atoms. The van der Waals surface area contributed by atoms with E-state index < -0.39 is 0 Å². The molecule has 7 rings (SSSR count). The number of hydrogen-bond donors (Lipinski definition) is 6. The van der Waals surface area contributed by atoms with Gasteiger partial charge in [0.1, 0.15) is 17.1 Å². The van der Waals surface area contributed by atoms with Crippen molar-refractivity contribution < 1.29 is 19.5 Å². The predicted octanol–water partition coefficient (Wildman–Crippen LogP) is 8.17. The van der Waals surface area contributed by atoms with Gasteiger partial charge in [-0.25, -0.2) is 0 Å². The quantitative estimate of drug-likeness (QED) is 0.0716. The number of aromatic amines is 2. The van der Waals surface area contributed by atoms with Crippen molar-refractivity contribution in [3.63, 3.8) is 0 Å². The Bertz CT molecular complexity index is 2250. The van der Waals surface area contributed by atoms with Crippen molar-refractivity contribution in [2.45, 2.75) is 37.4 Å². The van der Waals surface area contributed by atoms with Gasteiger partial charge in [-0.05, 0) is 65.9 Å². The number of anilines is 3. The maximum atomic E-state index is 13.8. The number of rotatable bonds is 8. The van der Waals surface area contributed by atoms with Gasteiger partial charge in [-0.3, -0.25) is 14.4 Å². The number of carbonyl (C=O) groups is 3. The topological polar surface area (TPSA) is 130 Å². The molecule has 0 unspecified atom stereocenters. The number of amides is 3. The zero-order valence-electron chi connectivity index (χ0n) is 26.4. The Kier molecular flexibility index (Phi) is 8.09. The lowest BCUT2D eigenvalue weighted by molar-refractivity contribution is -0.116. The molecule has 0 fully saturated rings. The number of phenolic OH excluding ortho intramolecular Hbond substituents is 1. The summed E-state index contributed by atoms with van der Waals surface area (Å²) in [7, 11) is 0. The lowest BCUT2D eigenvalue weighted by Crippen LogP contribution is -2.30. The maximum Gasteiger partial charge on any atom is 0.274 e. The molecule has 5 N–H and O–H groups in total. The number of aromatic hydroxyl groups is 1. The number of H-pyrrole nitrogens is 2. The molecule has 0 spiro atoms. The highest BCUT2D eigenvalue weighted by molar-refractivity contribution is 7.81. The van der Waals surface area contributed by atoms with Crippen LogP contribution in [0.25, 0.3) is 32.6 Å². The van der Waals surface area contributed by atoms with Crippen LogP contribution in [-0.2, 0) is 4.79 Å². The Balaban J connectivity index is 1.08. The summed E-state index contributed by atoms with van der Waals surface area (Å²) in [5.74, 6) is -0.280. The van der Waals surface area contributed by atoms with Crippen LogP contribution in [0, 0.1) is 0 Å². The molecule has 11 heteroatoms. The molecular weight excluding hydrogens is 646 g/mol. The van der Waals surface area contributed by atoms with Gasteiger partial charge in [0.15, 0.2) is 0 Å². The number of benzene rings is 4. The van der Waals surface area contributed by atoms with Crippen LogP contribution in [0.5, 0.6) is 5.75 Å². The van der Waals surface area contributed by atoms with Crippen LogP contribution in [0.3, 0.4) is 0 Å². The molecule has 1 atom stereocenters. The van der Waals surface area contributed by atoms with E-state index >= 15 is 0 Å². The van der Waals surface area contributed by atoms with Gasteiger partial charge in [0.2, 0.25) is 5.91 Å². The average Bonchev–Trinajstić information content (AvgIpc) is 3.78. The first-order valence-electron chi connectivity index (χ1n) is 15.7. The second-order valence-corrected chi connectivity index (χ2v) is 14.4. The second kappa shape index (κ2) is 12.3. The molecule has 3 amide bonds. The van der Waals surface area contributed by atoms with Gasteiger partial charge in [-0.1, -0.05) is 38.1 Å². The number of nitrogens with one attached hydrogen (secondary N) is 4. The molecule has 4 aromatic carbocycles. The highest BCUT2D eigenvalue weighted by Gasteiger charge is 2.35. The van der Waals surface area contributed by atoms with Crippen molar-refractivity contribution >= 4 is 91.6 Å². The molecule has 0 aliphatic carbocycles. The molecule has 0 saturated heterocycles. The lowest BCUT2D eigenvalue weighted by Gasteiger charge is -2.17. The van der Waals surface area contributed by atoms with Gasteiger partial charge < -0.3 is 30.6 Å². The van der Waals surface area contributed by atoms with E-state index in [4.69, 9.17) is 11.6 Å². The number of phenols is 1. The summed E-state index contributed by atoms with van der Waals surface area (Å²) in [6.07, 6.45) is 1.01. The molecule has 9 nitrogen and oxygen atoms in total. The van der Waals surface area contributed by atoms with E-state index in [0.717, 1.165) is 38.1 Å². The second-order valence-electron chi connectivity index (χ2n) is 12.9. The van der Waals surface area contributed by atoms with E-state index in [1.165, 1.54) is 0 Å². The number of thiol groups is 1. The summed E-state index contributed by atoms with van der Waals surface area (Å²) in [4.78, 5) is 47.5. The SMILES string of the molecule is CC(C)(S)CCC(=O)Nc1ccc2[nH]c(C(=O)Nc3ccc4[nH]c(C(=O)N5C[C@@H](CCl)c6c5cc(O)c5ccccc65)cc4c3)cc2c1. The molecule has 0 radical (unpaired) electrons. The van der Waals surface area contributed by atoms with Crippen molar-refractivity contribution in [1.82, 2.24) is 9.97 Å². The Morgan fingerprint density at radius 2 is 1.52 bits per heavy atom. The fourth-order valence-corrected chi connectivity index (χ4v) is 6.75. The maximum absolute atomic E-state index is 13.8. The van der Waals surface area contributed by atoms with E-state index in [2.05, 4.69) is 33.2 Å². The molecule has 3 heterocycles. The number of nitrogens with zero attached hydrogens (tertiary/aromatic N) is 1. The van der Waals surface area contributed by atoms with Crippen LogP contribution in [-0.4, -0.2) is 50.0 Å². The van der Waals surface area contributed by atoms with E-state index in [0.29, 0.717) is 53.7 Å². The summed E-state index contributed by atoms with van der Waals surface area (Å²) < 4.78 is -0.230. The third-order valence-corrected chi connectivity index (χ3v) is 9.39. The average molecular weight is 680 g/mol. The largest absolute Gasteiger partial charge is 0.507 e. The first-order valence-corrected chi connectivity index (χ1v) is 16.7. The van der Waals surface area contributed by atoms with Crippen molar-refractivity contribution in [2.24, 2.45) is 0 Å². The van der Waals surface area contributed by atoms with E-state index in [1.54, 1.807) is 35.2 Å². The van der Waals surface area contributed by atoms with Crippen molar-refractivity contribution in [3.8, 4) is 5.75 Å². The molecule has 0 saturated carbocycles. The number of alkyl halides is 1. The van der Waals surface area contributed by atoms with E-state index in [9.17, 15) is 19.5 Å². The smallest absolute Gasteiger partial charge is 0.274 e. The Morgan fingerprint density at radius 1 is 0.896 bits per heavy atom. The number of hydrogen-bond acceptors (Lipinski definition) is 5. The van der Waals surface area contributed by atoms with Gasteiger partial charge >= 0.3 is 0 Å². The zero-order valence-corrected chi connectivity index (χ0v) is 28.0. The summed E-state index contributed by atoms with van der Waals surface area (Å²) in [6.45, 7) is 4.34. The van der Waals surface area contributed by atoms with Crippen LogP contribution < -0.4 is 15.5 Å². The highest BCUT2D eigenvalue weighted by Crippen LogP contribution is 2.45. The highest BCUT2D eigenvalue weighted by atomic mass is 35.5. The Morgan fingerprint density at radius 3 is 2.19 bits per heavy atom. The van der Waals surface area contributed by atoms with Gasteiger partial charge in [-0.2, -0.15) is 12.6 Å². The fourth-order valence-electron chi connectivity index (χ4n) is 6.39. The number of fused-ring (bicyclic) bond motifs is 5. The third kappa shape index (κ3) is 6.09. The van der Waals surface area contributed by atoms with Gasteiger partial charge in [0.25, 0.3) is 11.8 Å². The molecule has 6 aromatic rings. The molecule has 244 valence electrons. The number of aromatic nitrogens is 2. The summed E-state index contributed by atoms with van der Waals surface area (Å²) in [5.41, 5.74) is 5.08. The minimum Gasteiger partial charge on any atom is -0.507 e. The van der Waals surface area contributed by atoms with Crippen LogP contribution in [0.2, 0.25) is 0 Å². The fraction of sp³-hybridized carbons (Fsp3) is 0.216. The molecule has 1 aliphatic heterocycles. The van der Waals surface area contributed by atoms with Crippen LogP contribution in [0.4, 0.5) is 17.1 Å². The van der Waals surface area contributed by atoms with Gasteiger partial charge in [-0.15, -0.1) is 11.6 Å². The first-order chi connectivity index (χ1) is 23.0. The van der Waals surface area contributed by atoms with E-state index in [1.807, 2.05) is 62.4 Å². The van der Waals surface area contributed by atoms with Gasteiger partial charge in [0.05, 0.1) is 5.69 Å². The summed E-state index contributed by atoms with van der Waals surface area (Å²) in [5, 5.41) is 19.8. The lowest BCUT2D eigenvalue weighted by atomic mass is 9.95. The van der Waals surface area contributed by atoms with E-state index in [-0.39, 0.29) is 34.1 Å². The zero-order chi connectivity index (χ0) is 33.7. The standard InChI is InChI=1S/C37H34ClN5O4S/c1-37(2,48)12-11-33(45)39-23-7-9-27-20(13-23)15-29(41-27)35(46)40-24-8-10-28-21(14-24)16-30(42-28)36(47)43-19-22(18-38)34-26-6-4-3-5-25(26)32(44)17-31(34)43/h3-10,13-17,22,41-42,44,48H,11-12,18-19H2,1-2H3,(H,39,45)(H,40,46)/t22-/m1/s1. The normalized spacial score (nSPS) is 14.5. The molecule has 2 aromatic heterocycles. The molecular formula is C37H34ClN5O4S. The van der Waals surface area contributed by atoms with Crippen molar-refractivity contribution in [3.05, 3.63) is 95.8 Å². The number of halogens is 1.